The first-order chi connectivity index (χ1) is 18.7. The lowest BCUT2D eigenvalue weighted by Gasteiger charge is -2.40. The Hall–Kier alpha value is -3.14. The maximum Gasteiger partial charge on any atom is 0.410 e. The molecule has 2 aromatic rings. The van der Waals surface area contributed by atoms with Gasteiger partial charge in [0.25, 0.3) is 5.79 Å². The number of hydrogen-bond acceptors (Lipinski definition) is 11. The molecule has 2 saturated heterocycles. The van der Waals surface area contributed by atoms with E-state index >= 15 is 0 Å². The summed E-state index contributed by atoms with van der Waals surface area (Å²) in [5, 5.41) is 1.49. The van der Waals surface area contributed by atoms with Gasteiger partial charge >= 0.3 is 18.0 Å². The smallest absolute Gasteiger partial charge is 0.410 e. The van der Waals surface area contributed by atoms with Crippen LogP contribution in [0.4, 0.5) is 10.5 Å². The molecule has 2 heterocycles. The summed E-state index contributed by atoms with van der Waals surface area (Å²) in [6.45, 7) is 1.18. The number of rotatable bonds is 10. The monoisotopic (exact) mass is 656 g/mol. The molecule has 0 aliphatic carbocycles. The molecule has 13 heteroatoms. The fourth-order valence-corrected chi connectivity index (χ4v) is 5.13. The van der Waals surface area contributed by atoms with Crippen molar-refractivity contribution < 1.29 is 47.6 Å². The van der Waals surface area contributed by atoms with Crippen LogP contribution in [0.25, 0.3) is 0 Å². The van der Waals surface area contributed by atoms with E-state index in [2.05, 4.69) is 22.6 Å². The average molecular weight is 656 g/mol. The molecular formula is C26H29IN2O10. The molecule has 12 nitrogen and oxygen atoms in total. The van der Waals surface area contributed by atoms with E-state index in [-0.39, 0.29) is 32.1 Å². The summed E-state index contributed by atoms with van der Waals surface area (Å²) >= 11 is 2.10. The van der Waals surface area contributed by atoms with Gasteiger partial charge in [0.1, 0.15) is 31.8 Å². The number of benzene rings is 2. The van der Waals surface area contributed by atoms with Crippen LogP contribution in [0, 0.1) is 3.57 Å². The fourth-order valence-electron chi connectivity index (χ4n) is 4.39. The number of hydroxylamine groups is 1. The molecule has 0 bridgehead atoms. The van der Waals surface area contributed by atoms with Crippen molar-refractivity contribution in [2.75, 3.05) is 46.3 Å². The van der Waals surface area contributed by atoms with Gasteiger partial charge in [0.15, 0.2) is 0 Å². The van der Waals surface area contributed by atoms with Crippen molar-refractivity contribution in [1.29, 1.82) is 0 Å². The van der Waals surface area contributed by atoms with Crippen LogP contribution in [0.15, 0.2) is 42.5 Å². The van der Waals surface area contributed by atoms with Gasteiger partial charge in [-0.05, 0) is 40.3 Å². The standard InChI is InChI=1S/C26H29IN2O10/c1-16(30)37-14-26(38-15-33-2)23-20(29(23)25(32)35-4)12-28(39-26)19-10-18(24(31)34-3)11-21(22(19)27)36-13-17-8-6-5-7-9-17/h5-11,20,23H,12-15H2,1-4H3/t20-,23-,26+,29?/m0/s1. The summed E-state index contributed by atoms with van der Waals surface area (Å²) in [6, 6.07) is 11.7. The molecule has 39 heavy (non-hydrogen) atoms. The van der Waals surface area contributed by atoms with Crippen LogP contribution in [0.3, 0.4) is 0 Å². The SMILES string of the molecule is COCO[C@]1(COC(C)=O)ON(c2cc(C(=O)OC)cc(OCc3ccccc3)c2I)C[C@H]2[C@@H]1N2C(=O)OC. The second-order valence-corrected chi connectivity index (χ2v) is 9.84. The van der Waals surface area contributed by atoms with Gasteiger partial charge in [-0.2, -0.15) is 0 Å². The Bertz CT molecular complexity index is 1210. The highest BCUT2D eigenvalue weighted by Crippen LogP contribution is 2.48. The molecule has 0 unspecified atom stereocenters. The summed E-state index contributed by atoms with van der Waals surface area (Å²) in [4.78, 5) is 44.7. The molecule has 0 radical (unpaired) electrons. The number of halogens is 1. The van der Waals surface area contributed by atoms with E-state index in [4.69, 9.17) is 33.3 Å². The Morgan fingerprint density at radius 1 is 1.10 bits per heavy atom. The van der Waals surface area contributed by atoms with E-state index in [0.717, 1.165) is 5.56 Å². The van der Waals surface area contributed by atoms with Gasteiger partial charge in [-0.3, -0.25) is 9.69 Å². The highest BCUT2D eigenvalue weighted by atomic mass is 127. The van der Waals surface area contributed by atoms with Gasteiger partial charge in [-0.25, -0.2) is 19.5 Å². The third-order valence-electron chi connectivity index (χ3n) is 6.23. The van der Waals surface area contributed by atoms with Crippen molar-refractivity contribution in [3.63, 3.8) is 0 Å². The van der Waals surface area contributed by atoms with Crippen molar-refractivity contribution in [1.82, 2.24) is 4.90 Å². The van der Waals surface area contributed by atoms with Crippen molar-refractivity contribution >= 4 is 46.3 Å². The molecule has 2 aromatic carbocycles. The third kappa shape index (κ3) is 6.21. The van der Waals surface area contributed by atoms with Crippen molar-refractivity contribution in [2.24, 2.45) is 0 Å². The molecule has 210 valence electrons. The molecule has 0 spiro atoms. The summed E-state index contributed by atoms with van der Waals surface area (Å²) in [7, 11) is 3.99. The number of methoxy groups -OCH3 is 3. The van der Waals surface area contributed by atoms with Crippen molar-refractivity contribution in [2.45, 2.75) is 31.4 Å². The van der Waals surface area contributed by atoms with Crippen LogP contribution in [0.5, 0.6) is 5.75 Å². The molecule has 2 aliphatic heterocycles. The molecule has 3 atom stereocenters. The zero-order chi connectivity index (χ0) is 28.2. The van der Waals surface area contributed by atoms with E-state index in [9.17, 15) is 14.4 Å². The van der Waals surface area contributed by atoms with Crippen molar-refractivity contribution in [3.8, 4) is 5.75 Å². The zero-order valence-corrected chi connectivity index (χ0v) is 24.0. The number of carbonyl (C=O) groups excluding carboxylic acids is 3. The maximum absolute atomic E-state index is 12.6. The van der Waals surface area contributed by atoms with E-state index in [1.165, 1.54) is 38.2 Å². The summed E-state index contributed by atoms with van der Waals surface area (Å²) < 4.78 is 33.0. The highest BCUT2D eigenvalue weighted by Gasteiger charge is 2.69. The average Bonchev–Trinajstić information content (AvgIpc) is 3.69. The lowest BCUT2D eigenvalue weighted by atomic mass is 10.1. The van der Waals surface area contributed by atoms with Gasteiger partial charge in [0.2, 0.25) is 0 Å². The van der Waals surface area contributed by atoms with E-state index < -0.39 is 35.9 Å². The second-order valence-electron chi connectivity index (χ2n) is 8.76. The lowest BCUT2D eigenvalue weighted by molar-refractivity contribution is -0.298. The molecule has 1 amide bonds. The van der Waals surface area contributed by atoms with E-state index in [1.807, 2.05) is 30.3 Å². The highest BCUT2D eigenvalue weighted by molar-refractivity contribution is 14.1. The predicted octanol–water partition coefficient (Wildman–Crippen LogP) is 3.11. The third-order valence-corrected chi connectivity index (χ3v) is 7.31. The minimum atomic E-state index is -1.62. The predicted molar refractivity (Wildman–Crippen MR) is 144 cm³/mol. The van der Waals surface area contributed by atoms with Crippen LogP contribution in [-0.4, -0.2) is 82.1 Å². The second kappa shape index (κ2) is 12.4. The lowest BCUT2D eigenvalue weighted by Crippen LogP contribution is -2.57. The summed E-state index contributed by atoms with van der Waals surface area (Å²) in [5.74, 6) is -2.32. The van der Waals surface area contributed by atoms with E-state index in [0.29, 0.717) is 15.0 Å². The number of amides is 1. The number of nitrogens with zero attached hydrogens (tertiary/aromatic N) is 2. The Labute approximate surface area is 239 Å². The molecular weight excluding hydrogens is 627 g/mol. The van der Waals surface area contributed by atoms with Crippen molar-refractivity contribution in [3.05, 3.63) is 57.2 Å². The van der Waals surface area contributed by atoms with Crippen LogP contribution in [0.1, 0.15) is 22.8 Å². The number of anilines is 1. The molecule has 0 N–H and O–H groups in total. The topological polar surface area (TPSA) is 122 Å². The number of fused-ring (bicyclic) bond motifs is 1. The largest absolute Gasteiger partial charge is 0.488 e. The summed E-state index contributed by atoms with van der Waals surface area (Å²) in [6.07, 6.45) is -0.589. The first kappa shape index (κ1) is 28.9. The molecule has 2 aliphatic rings. The Balaban J connectivity index is 1.73. The number of esters is 2. The minimum Gasteiger partial charge on any atom is -0.488 e. The van der Waals surface area contributed by atoms with Crippen LogP contribution < -0.4 is 9.80 Å². The van der Waals surface area contributed by atoms with Gasteiger partial charge < -0.3 is 28.4 Å². The summed E-state index contributed by atoms with van der Waals surface area (Å²) in [5.41, 5.74) is 1.63. The van der Waals surface area contributed by atoms with E-state index in [1.54, 1.807) is 12.1 Å². The van der Waals surface area contributed by atoms with Crippen LogP contribution >= 0.6 is 22.6 Å². The normalized spacial score (nSPS) is 21.6. The van der Waals surface area contributed by atoms with Gasteiger partial charge in [-0.1, -0.05) is 30.3 Å². The number of carbonyl (C=O) groups is 3. The number of ether oxygens (including phenoxy) is 6. The quantitative estimate of drug-likeness (QED) is 0.123. The first-order valence-corrected chi connectivity index (χ1v) is 13.0. The Morgan fingerprint density at radius 3 is 2.49 bits per heavy atom. The molecule has 0 saturated carbocycles. The molecule has 4 rings (SSSR count). The van der Waals surface area contributed by atoms with Gasteiger partial charge in [0, 0.05) is 14.0 Å². The Morgan fingerprint density at radius 2 is 1.85 bits per heavy atom. The molecule has 2 fully saturated rings. The van der Waals surface area contributed by atoms with Gasteiger partial charge in [0.05, 0.1) is 41.6 Å². The van der Waals surface area contributed by atoms with Gasteiger partial charge in [-0.15, -0.1) is 0 Å². The van der Waals surface area contributed by atoms with Crippen LogP contribution in [0.2, 0.25) is 0 Å². The molecule has 0 aromatic heterocycles. The zero-order valence-electron chi connectivity index (χ0n) is 21.9. The maximum atomic E-state index is 12.6. The number of hydrogen-bond donors (Lipinski definition) is 0. The Kier molecular flexibility index (Phi) is 9.15. The van der Waals surface area contributed by atoms with Crippen LogP contribution in [-0.2, 0) is 39.9 Å². The fraction of sp³-hybridized carbons (Fsp3) is 0.423. The minimum absolute atomic E-state index is 0.205. The first-order valence-electron chi connectivity index (χ1n) is 11.9.